The van der Waals surface area contributed by atoms with Crippen molar-refractivity contribution in [2.45, 2.75) is 6.54 Å². The van der Waals surface area contributed by atoms with Crippen molar-refractivity contribution in [3.63, 3.8) is 0 Å². The monoisotopic (exact) mass is 301 g/mol. The highest BCUT2D eigenvalue weighted by Gasteiger charge is 2.09. The van der Waals surface area contributed by atoms with Crippen LogP contribution in [0.4, 0.5) is 0 Å². The summed E-state index contributed by atoms with van der Waals surface area (Å²) in [6.45, 7) is 0.577. The molecule has 0 radical (unpaired) electrons. The summed E-state index contributed by atoms with van der Waals surface area (Å²) >= 11 is 11.9. The van der Waals surface area contributed by atoms with Gasteiger partial charge in [0, 0.05) is 0 Å². The van der Waals surface area contributed by atoms with Gasteiger partial charge in [0.25, 0.3) is 0 Å². The molecule has 0 saturated carbocycles. The fraction of sp³-hybridized carbons (Fsp3) is 0.182. The van der Waals surface area contributed by atoms with Crippen molar-refractivity contribution < 1.29 is 14.6 Å². The Kier molecular flexibility index (Phi) is 4.24. The number of aromatic nitrogens is 3. The number of halogens is 2. The molecule has 6 nitrogen and oxygen atoms in total. The molecule has 1 aromatic carbocycles. The summed E-state index contributed by atoms with van der Waals surface area (Å²) in [5.41, 5.74) is -0.115. The van der Waals surface area contributed by atoms with Gasteiger partial charge in [0.15, 0.2) is 11.4 Å². The van der Waals surface area contributed by atoms with Gasteiger partial charge in [-0.1, -0.05) is 34.5 Å². The fourth-order valence-electron chi connectivity index (χ4n) is 1.37. The standard InChI is InChI=1S/C11H9Cl2N3O3/c12-7-2-1-3-8(13)10(7)19-5-4-16-6-9(11(17)18)14-15-16/h1-3,6H,4-5H2,(H,17,18). The number of aromatic carboxylic acids is 1. The van der Waals surface area contributed by atoms with Gasteiger partial charge in [-0.25, -0.2) is 9.48 Å². The lowest BCUT2D eigenvalue weighted by atomic mass is 10.3. The number of nitrogens with zero attached hydrogens (tertiary/aromatic N) is 3. The molecule has 0 aliphatic heterocycles. The van der Waals surface area contributed by atoms with Gasteiger partial charge >= 0.3 is 5.97 Å². The lowest BCUT2D eigenvalue weighted by Crippen LogP contribution is -2.09. The Bertz CT molecular complexity index is 580. The molecule has 1 N–H and O–H groups in total. The van der Waals surface area contributed by atoms with Crippen LogP contribution in [-0.4, -0.2) is 32.7 Å². The van der Waals surface area contributed by atoms with Gasteiger partial charge in [-0.05, 0) is 12.1 Å². The molecule has 0 amide bonds. The largest absolute Gasteiger partial charge is 0.489 e. The van der Waals surface area contributed by atoms with Crippen LogP contribution in [0.1, 0.15) is 10.5 Å². The summed E-state index contributed by atoms with van der Waals surface area (Å²) in [4.78, 5) is 10.6. The van der Waals surface area contributed by atoms with Crippen LogP contribution in [0.5, 0.6) is 5.75 Å². The SMILES string of the molecule is O=C(O)c1cn(CCOc2c(Cl)cccc2Cl)nn1. The molecule has 0 aliphatic rings. The number of carboxylic acid groups (broad SMARTS) is 1. The van der Waals surface area contributed by atoms with E-state index < -0.39 is 5.97 Å². The summed E-state index contributed by atoms with van der Waals surface area (Å²) in [5, 5.41) is 16.7. The molecule has 0 fully saturated rings. The van der Waals surface area contributed by atoms with Crippen molar-refractivity contribution in [1.82, 2.24) is 15.0 Å². The molecule has 19 heavy (non-hydrogen) atoms. The Hall–Kier alpha value is -1.79. The summed E-state index contributed by atoms with van der Waals surface area (Å²) in [7, 11) is 0. The minimum atomic E-state index is -1.12. The van der Waals surface area contributed by atoms with Crippen LogP contribution in [-0.2, 0) is 6.54 Å². The van der Waals surface area contributed by atoms with Gasteiger partial charge < -0.3 is 9.84 Å². The smallest absolute Gasteiger partial charge is 0.358 e. The van der Waals surface area contributed by atoms with Gasteiger partial charge in [0.2, 0.25) is 0 Å². The molecule has 1 heterocycles. The molecular weight excluding hydrogens is 293 g/mol. The van der Waals surface area contributed by atoms with Crippen molar-refractivity contribution >= 4 is 29.2 Å². The first-order chi connectivity index (χ1) is 9.08. The van der Waals surface area contributed by atoms with Gasteiger partial charge in [-0.3, -0.25) is 0 Å². The zero-order valence-corrected chi connectivity index (χ0v) is 11.1. The van der Waals surface area contributed by atoms with Crippen molar-refractivity contribution in [2.24, 2.45) is 0 Å². The van der Waals surface area contributed by atoms with Crippen LogP contribution in [0.3, 0.4) is 0 Å². The van der Waals surface area contributed by atoms with E-state index in [1.807, 2.05) is 0 Å². The molecule has 0 bridgehead atoms. The van der Waals surface area contributed by atoms with E-state index in [2.05, 4.69) is 10.3 Å². The molecule has 1 aromatic heterocycles. The number of carboxylic acids is 1. The van der Waals surface area contributed by atoms with E-state index >= 15 is 0 Å². The zero-order valence-electron chi connectivity index (χ0n) is 9.58. The van der Waals surface area contributed by atoms with Gasteiger partial charge in [0.1, 0.15) is 6.61 Å². The molecule has 0 aliphatic carbocycles. The Morgan fingerprint density at radius 2 is 2.05 bits per heavy atom. The van der Waals surface area contributed by atoms with Crippen LogP contribution in [0.25, 0.3) is 0 Å². The Balaban J connectivity index is 1.94. The van der Waals surface area contributed by atoms with E-state index in [0.717, 1.165) is 0 Å². The number of rotatable bonds is 5. The Morgan fingerprint density at radius 3 is 2.63 bits per heavy atom. The molecule has 0 unspecified atom stereocenters. The zero-order chi connectivity index (χ0) is 13.8. The predicted octanol–water partition coefficient (Wildman–Crippen LogP) is 2.36. The Labute approximate surface area is 118 Å². The quantitative estimate of drug-likeness (QED) is 0.917. The first-order valence-corrected chi connectivity index (χ1v) is 6.04. The molecule has 0 saturated heterocycles. The number of ether oxygens (including phenoxy) is 1. The lowest BCUT2D eigenvalue weighted by molar-refractivity contribution is 0.0690. The number of hydrogen-bond acceptors (Lipinski definition) is 4. The molecule has 8 heteroatoms. The number of carbonyl (C=O) groups is 1. The van der Waals surface area contributed by atoms with Gasteiger partial charge in [-0.2, -0.15) is 0 Å². The molecular formula is C11H9Cl2N3O3. The maximum absolute atomic E-state index is 10.6. The van der Waals surface area contributed by atoms with E-state index in [0.29, 0.717) is 22.3 Å². The van der Waals surface area contributed by atoms with E-state index in [4.69, 9.17) is 33.0 Å². The number of para-hydroxylation sites is 1. The third-order valence-electron chi connectivity index (χ3n) is 2.24. The van der Waals surface area contributed by atoms with Crippen LogP contribution < -0.4 is 4.74 Å². The highest BCUT2D eigenvalue weighted by Crippen LogP contribution is 2.32. The van der Waals surface area contributed by atoms with Crippen LogP contribution >= 0.6 is 23.2 Å². The van der Waals surface area contributed by atoms with E-state index in [9.17, 15) is 4.79 Å². The van der Waals surface area contributed by atoms with Crippen molar-refractivity contribution in [2.75, 3.05) is 6.61 Å². The minimum absolute atomic E-state index is 0.115. The van der Waals surface area contributed by atoms with Crippen molar-refractivity contribution in [3.8, 4) is 5.75 Å². The van der Waals surface area contributed by atoms with Gasteiger partial charge in [-0.15, -0.1) is 5.10 Å². The maximum atomic E-state index is 10.6. The first kappa shape index (κ1) is 13.6. The van der Waals surface area contributed by atoms with E-state index in [1.54, 1.807) is 18.2 Å². The minimum Gasteiger partial charge on any atom is -0.489 e. The second-order valence-corrected chi connectivity index (χ2v) is 4.39. The number of benzene rings is 1. The second-order valence-electron chi connectivity index (χ2n) is 3.57. The maximum Gasteiger partial charge on any atom is 0.358 e. The molecule has 0 atom stereocenters. The molecule has 100 valence electrons. The Morgan fingerprint density at radius 1 is 1.37 bits per heavy atom. The first-order valence-electron chi connectivity index (χ1n) is 5.28. The van der Waals surface area contributed by atoms with Crippen molar-refractivity contribution in [1.29, 1.82) is 0 Å². The van der Waals surface area contributed by atoms with Crippen molar-refractivity contribution in [3.05, 3.63) is 40.1 Å². The van der Waals surface area contributed by atoms with Crippen LogP contribution in [0.2, 0.25) is 10.0 Å². The summed E-state index contributed by atoms with van der Waals surface area (Å²) < 4.78 is 6.81. The summed E-state index contributed by atoms with van der Waals surface area (Å²) in [6, 6.07) is 5.05. The normalized spacial score (nSPS) is 10.4. The summed E-state index contributed by atoms with van der Waals surface area (Å²) in [5.74, 6) is -0.731. The second kappa shape index (κ2) is 5.90. The third-order valence-corrected chi connectivity index (χ3v) is 2.84. The number of hydrogen-bond donors (Lipinski definition) is 1. The molecule has 2 aromatic rings. The van der Waals surface area contributed by atoms with E-state index in [1.165, 1.54) is 10.9 Å². The fourth-order valence-corrected chi connectivity index (χ4v) is 1.87. The average molecular weight is 302 g/mol. The van der Waals surface area contributed by atoms with Crippen LogP contribution in [0.15, 0.2) is 24.4 Å². The summed E-state index contributed by atoms with van der Waals surface area (Å²) in [6.07, 6.45) is 1.32. The average Bonchev–Trinajstić information content (AvgIpc) is 2.82. The van der Waals surface area contributed by atoms with E-state index in [-0.39, 0.29) is 12.3 Å². The lowest BCUT2D eigenvalue weighted by Gasteiger charge is -2.09. The predicted molar refractivity (Wildman–Crippen MR) is 68.9 cm³/mol. The van der Waals surface area contributed by atoms with Gasteiger partial charge in [0.05, 0.1) is 22.8 Å². The van der Waals surface area contributed by atoms with Crippen LogP contribution in [0, 0.1) is 0 Å². The highest BCUT2D eigenvalue weighted by atomic mass is 35.5. The third kappa shape index (κ3) is 3.36. The topological polar surface area (TPSA) is 77.2 Å². The molecule has 2 rings (SSSR count). The highest BCUT2D eigenvalue weighted by molar-refractivity contribution is 6.37. The molecule has 0 spiro atoms.